The summed E-state index contributed by atoms with van der Waals surface area (Å²) in [6.45, 7) is 2.88. The van der Waals surface area contributed by atoms with E-state index in [0.717, 1.165) is 19.3 Å². The molecule has 3 unspecified atom stereocenters. The summed E-state index contributed by atoms with van der Waals surface area (Å²) in [6.07, 6.45) is 2.70. The molecule has 2 fully saturated rings. The summed E-state index contributed by atoms with van der Waals surface area (Å²) in [5, 5.41) is 12.4. The highest BCUT2D eigenvalue weighted by atomic mass is 16.3. The third-order valence-corrected chi connectivity index (χ3v) is 3.72. The van der Waals surface area contributed by atoms with E-state index in [-0.39, 0.29) is 23.8 Å². The monoisotopic (exact) mass is 240 g/mol. The molecule has 2 rings (SSSR count). The number of piperidine rings is 1. The van der Waals surface area contributed by atoms with Gasteiger partial charge in [-0.3, -0.25) is 9.59 Å². The van der Waals surface area contributed by atoms with E-state index in [0.29, 0.717) is 19.5 Å². The van der Waals surface area contributed by atoms with Gasteiger partial charge in [0.15, 0.2) is 0 Å². The Labute approximate surface area is 101 Å². The molecule has 0 aromatic rings. The molecule has 0 spiro atoms. The molecule has 3 atom stereocenters. The van der Waals surface area contributed by atoms with Crippen molar-refractivity contribution in [1.82, 2.24) is 10.2 Å². The van der Waals surface area contributed by atoms with E-state index in [9.17, 15) is 14.7 Å². The van der Waals surface area contributed by atoms with Gasteiger partial charge in [0.2, 0.25) is 11.8 Å². The predicted molar refractivity (Wildman–Crippen MR) is 62.1 cm³/mol. The number of carbonyl (C=O) groups excluding carboxylic acids is 2. The zero-order chi connectivity index (χ0) is 12.4. The lowest BCUT2D eigenvalue weighted by atomic mass is 9.95. The van der Waals surface area contributed by atoms with E-state index in [1.54, 1.807) is 11.8 Å². The highest BCUT2D eigenvalue weighted by molar-refractivity contribution is 5.89. The topological polar surface area (TPSA) is 69.6 Å². The zero-order valence-electron chi connectivity index (χ0n) is 10.2. The SMILES string of the molecule is CC(O)C1CCCCN1C(=O)C1CNC(=O)C1. The number of aliphatic hydroxyl groups excluding tert-OH is 1. The van der Waals surface area contributed by atoms with E-state index in [4.69, 9.17) is 0 Å². The smallest absolute Gasteiger partial charge is 0.228 e. The van der Waals surface area contributed by atoms with Crippen LogP contribution in [0.1, 0.15) is 32.6 Å². The Morgan fingerprint density at radius 1 is 1.53 bits per heavy atom. The average Bonchev–Trinajstić information content (AvgIpc) is 2.75. The first kappa shape index (κ1) is 12.4. The van der Waals surface area contributed by atoms with Crippen molar-refractivity contribution in [3.05, 3.63) is 0 Å². The van der Waals surface area contributed by atoms with E-state index < -0.39 is 6.10 Å². The van der Waals surface area contributed by atoms with Gasteiger partial charge >= 0.3 is 0 Å². The summed E-state index contributed by atoms with van der Waals surface area (Å²) < 4.78 is 0. The number of likely N-dealkylation sites (tertiary alicyclic amines) is 1. The Kier molecular flexibility index (Phi) is 3.66. The Morgan fingerprint density at radius 2 is 2.29 bits per heavy atom. The molecule has 17 heavy (non-hydrogen) atoms. The molecule has 0 saturated carbocycles. The molecular formula is C12H20N2O3. The van der Waals surface area contributed by atoms with Crippen molar-refractivity contribution in [3.63, 3.8) is 0 Å². The molecule has 0 aromatic carbocycles. The van der Waals surface area contributed by atoms with Gasteiger partial charge in [0, 0.05) is 19.5 Å². The van der Waals surface area contributed by atoms with Gasteiger partial charge in [-0.1, -0.05) is 0 Å². The molecule has 5 heteroatoms. The molecule has 2 aliphatic heterocycles. The molecule has 2 aliphatic rings. The van der Waals surface area contributed by atoms with Gasteiger partial charge < -0.3 is 15.3 Å². The number of nitrogens with zero attached hydrogens (tertiary/aromatic N) is 1. The number of hydrogen-bond acceptors (Lipinski definition) is 3. The summed E-state index contributed by atoms with van der Waals surface area (Å²) in [4.78, 5) is 25.2. The molecule has 0 aromatic heterocycles. The maximum Gasteiger partial charge on any atom is 0.228 e. The Bertz CT molecular complexity index is 317. The van der Waals surface area contributed by atoms with Crippen LogP contribution in [0.25, 0.3) is 0 Å². The van der Waals surface area contributed by atoms with Gasteiger partial charge in [-0.05, 0) is 26.2 Å². The second-order valence-corrected chi connectivity index (χ2v) is 5.04. The van der Waals surface area contributed by atoms with Crippen molar-refractivity contribution in [2.75, 3.05) is 13.1 Å². The van der Waals surface area contributed by atoms with Crippen LogP contribution in [-0.4, -0.2) is 47.1 Å². The van der Waals surface area contributed by atoms with Crippen molar-refractivity contribution in [2.24, 2.45) is 5.92 Å². The molecular weight excluding hydrogens is 220 g/mol. The maximum atomic E-state index is 12.3. The fourth-order valence-electron chi connectivity index (χ4n) is 2.75. The molecule has 2 heterocycles. The van der Waals surface area contributed by atoms with Crippen LogP contribution in [0.15, 0.2) is 0 Å². The average molecular weight is 240 g/mol. The first-order valence-corrected chi connectivity index (χ1v) is 6.35. The summed E-state index contributed by atoms with van der Waals surface area (Å²) in [6, 6.07) is -0.0769. The van der Waals surface area contributed by atoms with Crippen molar-refractivity contribution < 1.29 is 14.7 Å². The standard InChI is InChI=1S/C12H20N2O3/c1-8(15)10-4-2-3-5-14(10)12(17)9-6-11(16)13-7-9/h8-10,15H,2-7H2,1H3,(H,13,16). The number of rotatable bonds is 2. The Morgan fingerprint density at radius 3 is 2.88 bits per heavy atom. The minimum absolute atomic E-state index is 0.0222. The van der Waals surface area contributed by atoms with Crippen molar-refractivity contribution >= 4 is 11.8 Å². The molecule has 0 radical (unpaired) electrons. The lowest BCUT2D eigenvalue weighted by Gasteiger charge is -2.38. The molecule has 2 saturated heterocycles. The van der Waals surface area contributed by atoms with Crippen LogP contribution in [0.4, 0.5) is 0 Å². The minimum Gasteiger partial charge on any atom is -0.391 e. The number of amides is 2. The number of carbonyl (C=O) groups is 2. The van der Waals surface area contributed by atoms with Gasteiger partial charge in [0.1, 0.15) is 0 Å². The first-order chi connectivity index (χ1) is 8.09. The lowest BCUT2D eigenvalue weighted by Crippen LogP contribution is -2.51. The third-order valence-electron chi connectivity index (χ3n) is 3.72. The normalized spacial score (nSPS) is 31.2. The van der Waals surface area contributed by atoms with E-state index >= 15 is 0 Å². The van der Waals surface area contributed by atoms with Crippen molar-refractivity contribution in [3.8, 4) is 0 Å². The van der Waals surface area contributed by atoms with Crippen molar-refractivity contribution in [2.45, 2.75) is 44.8 Å². The third kappa shape index (κ3) is 2.60. The van der Waals surface area contributed by atoms with Crippen LogP contribution in [0, 0.1) is 5.92 Å². The minimum atomic E-state index is -0.496. The fraction of sp³-hybridized carbons (Fsp3) is 0.833. The molecule has 5 nitrogen and oxygen atoms in total. The zero-order valence-corrected chi connectivity index (χ0v) is 10.2. The van der Waals surface area contributed by atoms with Crippen LogP contribution in [0.5, 0.6) is 0 Å². The van der Waals surface area contributed by atoms with Crippen LogP contribution in [0.2, 0.25) is 0 Å². The summed E-state index contributed by atoms with van der Waals surface area (Å²) in [5.41, 5.74) is 0. The quantitative estimate of drug-likeness (QED) is 0.707. The second kappa shape index (κ2) is 5.04. The van der Waals surface area contributed by atoms with E-state index in [1.807, 2.05) is 0 Å². The second-order valence-electron chi connectivity index (χ2n) is 5.04. The largest absolute Gasteiger partial charge is 0.391 e. The Hall–Kier alpha value is -1.10. The maximum absolute atomic E-state index is 12.3. The van der Waals surface area contributed by atoms with Crippen LogP contribution >= 0.6 is 0 Å². The molecule has 0 bridgehead atoms. The predicted octanol–water partition coefficient (Wildman–Crippen LogP) is -0.116. The van der Waals surface area contributed by atoms with Gasteiger partial charge in [0.05, 0.1) is 18.1 Å². The molecule has 2 N–H and O–H groups in total. The van der Waals surface area contributed by atoms with Crippen LogP contribution in [-0.2, 0) is 9.59 Å². The van der Waals surface area contributed by atoms with Crippen LogP contribution in [0.3, 0.4) is 0 Å². The fourth-order valence-corrected chi connectivity index (χ4v) is 2.75. The van der Waals surface area contributed by atoms with E-state index in [1.165, 1.54) is 0 Å². The lowest BCUT2D eigenvalue weighted by molar-refractivity contribution is -0.142. The molecule has 2 amide bonds. The number of nitrogens with one attached hydrogen (secondary N) is 1. The van der Waals surface area contributed by atoms with E-state index in [2.05, 4.69) is 5.32 Å². The first-order valence-electron chi connectivity index (χ1n) is 6.35. The van der Waals surface area contributed by atoms with Gasteiger partial charge in [-0.25, -0.2) is 0 Å². The molecule has 96 valence electrons. The van der Waals surface area contributed by atoms with Gasteiger partial charge in [-0.2, -0.15) is 0 Å². The highest BCUT2D eigenvalue weighted by Gasteiger charge is 2.36. The Balaban J connectivity index is 2.03. The molecule has 0 aliphatic carbocycles. The number of aliphatic hydroxyl groups is 1. The summed E-state index contributed by atoms with van der Waals surface area (Å²) in [5.74, 6) is -0.259. The summed E-state index contributed by atoms with van der Waals surface area (Å²) in [7, 11) is 0. The van der Waals surface area contributed by atoms with Gasteiger partial charge in [0.25, 0.3) is 0 Å². The van der Waals surface area contributed by atoms with Gasteiger partial charge in [-0.15, -0.1) is 0 Å². The highest BCUT2D eigenvalue weighted by Crippen LogP contribution is 2.23. The summed E-state index contributed by atoms with van der Waals surface area (Å²) >= 11 is 0. The number of hydrogen-bond donors (Lipinski definition) is 2. The van der Waals surface area contributed by atoms with Crippen LogP contribution < -0.4 is 5.32 Å². The van der Waals surface area contributed by atoms with Crippen molar-refractivity contribution in [1.29, 1.82) is 0 Å².